The van der Waals surface area contributed by atoms with Crippen LogP contribution in [0.2, 0.25) is 0 Å². The van der Waals surface area contributed by atoms with Crippen LogP contribution in [-0.4, -0.2) is 45.9 Å². The van der Waals surface area contributed by atoms with E-state index in [4.69, 9.17) is 0 Å². The van der Waals surface area contributed by atoms with Crippen molar-refractivity contribution in [3.8, 4) is 11.1 Å². The molecule has 0 fully saturated rings. The Morgan fingerprint density at radius 3 is 2.36 bits per heavy atom. The van der Waals surface area contributed by atoms with E-state index < -0.39 is 24.0 Å². The summed E-state index contributed by atoms with van der Waals surface area (Å²) in [6.07, 6.45) is -2.15. The van der Waals surface area contributed by atoms with Crippen molar-refractivity contribution in [3.63, 3.8) is 0 Å². The second-order valence-electron chi connectivity index (χ2n) is 5.67. The van der Waals surface area contributed by atoms with Crippen LogP contribution in [0, 0.1) is 0 Å². The standard InChI is InChI=1S/C19H18N2O4/c1-20-18(24)16(22)17(23)19(25)21-10-9-14-11-13(7-8-15(14)21)12-5-3-2-4-6-12/h2-11,16-17,22-23H,1H3,(H,20,24)/t16-,17-/m1/s1. The Morgan fingerprint density at radius 2 is 1.68 bits per heavy atom. The monoisotopic (exact) mass is 338 g/mol. The largest absolute Gasteiger partial charge is 0.380 e. The average molecular weight is 338 g/mol. The molecule has 3 aromatic rings. The molecule has 0 aliphatic rings. The summed E-state index contributed by atoms with van der Waals surface area (Å²) >= 11 is 0. The summed E-state index contributed by atoms with van der Waals surface area (Å²) in [5, 5.41) is 22.7. The molecule has 1 heterocycles. The van der Waals surface area contributed by atoms with Gasteiger partial charge in [0.2, 0.25) is 0 Å². The SMILES string of the molecule is CNC(=O)[C@H](O)[C@@H](O)C(=O)n1ccc2cc(-c3ccccc3)ccc21. The minimum atomic E-state index is -1.84. The van der Waals surface area contributed by atoms with E-state index in [0.29, 0.717) is 5.52 Å². The van der Waals surface area contributed by atoms with Gasteiger partial charge in [-0.1, -0.05) is 36.4 Å². The van der Waals surface area contributed by atoms with Crippen LogP contribution in [0.15, 0.2) is 60.8 Å². The zero-order chi connectivity index (χ0) is 18.0. The van der Waals surface area contributed by atoms with Crippen molar-refractivity contribution in [2.75, 3.05) is 7.05 Å². The molecule has 0 bridgehead atoms. The third kappa shape index (κ3) is 3.17. The zero-order valence-electron chi connectivity index (χ0n) is 13.6. The lowest BCUT2D eigenvalue weighted by Crippen LogP contribution is -2.46. The molecular weight excluding hydrogens is 320 g/mol. The Morgan fingerprint density at radius 1 is 0.960 bits per heavy atom. The number of fused-ring (bicyclic) bond motifs is 1. The summed E-state index contributed by atoms with van der Waals surface area (Å²) in [5.74, 6) is -1.58. The maximum Gasteiger partial charge on any atom is 0.263 e. The lowest BCUT2D eigenvalue weighted by Gasteiger charge is -2.16. The van der Waals surface area contributed by atoms with Crippen LogP contribution in [0.3, 0.4) is 0 Å². The highest BCUT2D eigenvalue weighted by Gasteiger charge is 2.31. The molecule has 6 nitrogen and oxygen atoms in total. The van der Waals surface area contributed by atoms with Crippen LogP contribution >= 0.6 is 0 Å². The molecule has 0 saturated carbocycles. The van der Waals surface area contributed by atoms with E-state index in [1.165, 1.54) is 17.8 Å². The summed E-state index contributed by atoms with van der Waals surface area (Å²) in [5.41, 5.74) is 2.65. The van der Waals surface area contributed by atoms with Gasteiger partial charge in [-0.3, -0.25) is 14.2 Å². The molecule has 128 valence electrons. The van der Waals surface area contributed by atoms with Crippen molar-refractivity contribution in [2.45, 2.75) is 12.2 Å². The van der Waals surface area contributed by atoms with Crippen molar-refractivity contribution < 1.29 is 19.8 Å². The number of nitrogens with one attached hydrogen (secondary N) is 1. The second kappa shape index (κ2) is 6.88. The van der Waals surface area contributed by atoms with Gasteiger partial charge in [-0.25, -0.2) is 0 Å². The number of amides is 1. The molecule has 1 amide bonds. The molecule has 0 unspecified atom stereocenters. The molecule has 6 heteroatoms. The maximum absolute atomic E-state index is 12.4. The quantitative estimate of drug-likeness (QED) is 0.671. The number of carbonyl (C=O) groups is 2. The molecule has 0 spiro atoms. The fraction of sp³-hybridized carbons (Fsp3) is 0.158. The Balaban J connectivity index is 1.93. The van der Waals surface area contributed by atoms with Gasteiger partial charge in [0.25, 0.3) is 11.8 Å². The fourth-order valence-electron chi connectivity index (χ4n) is 2.71. The Labute approximate surface area is 144 Å². The highest BCUT2D eigenvalue weighted by atomic mass is 16.3. The molecule has 1 aromatic heterocycles. The highest BCUT2D eigenvalue weighted by Crippen LogP contribution is 2.25. The van der Waals surface area contributed by atoms with Crippen molar-refractivity contribution in [1.29, 1.82) is 0 Å². The lowest BCUT2D eigenvalue weighted by atomic mass is 10.0. The number of nitrogens with zero attached hydrogens (tertiary/aromatic N) is 1. The normalized spacial score (nSPS) is 13.4. The van der Waals surface area contributed by atoms with Crippen LogP contribution < -0.4 is 5.32 Å². The minimum absolute atomic E-state index is 0.591. The molecule has 0 saturated heterocycles. The van der Waals surface area contributed by atoms with Gasteiger partial charge in [0, 0.05) is 18.6 Å². The molecule has 0 aliphatic heterocycles. The summed E-state index contributed by atoms with van der Waals surface area (Å²) in [6.45, 7) is 0. The number of aromatic nitrogens is 1. The van der Waals surface area contributed by atoms with E-state index in [0.717, 1.165) is 16.5 Å². The van der Waals surface area contributed by atoms with Crippen LogP contribution in [0.5, 0.6) is 0 Å². The van der Waals surface area contributed by atoms with Crippen molar-refractivity contribution in [3.05, 3.63) is 60.8 Å². The summed E-state index contributed by atoms with van der Waals surface area (Å²) in [4.78, 5) is 23.8. The minimum Gasteiger partial charge on any atom is -0.380 e. The fourth-order valence-corrected chi connectivity index (χ4v) is 2.71. The van der Waals surface area contributed by atoms with Crippen molar-refractivity contribution in [2.24, 2.45) is 0 Å². The molecule has 0 radical (unpaired) electrons. The average Bonchev–Trinajstić information content (AvgIpc) is 3.09. The number of benzene rings is 2. The van der Waals surface area contributed by atoms with E-state index in [9.17, 15) is 19.8 Å². The molecule has 2 atom stereocenters. The van der Waals surface area contributed by atoms with E-state index in [1.807, 2.05) is 42.5 Å². The Bertz CT molecular complexity index is 918. The number of aliphatic hydroxyl groups is 2. The molecule has 3 rings (SSSR count). The van der Waals surface area contributed by atoms with Gasteiger partial charge in [-0.2, -0.15) is 0 Å². The number of aliphatic hydroxyl groups excluding tert-OH is 2. The summed E-state index contributed by atoms with van der Waals surface area (Å²) in [7, 11) is 1.32. The first-order valence-corrected chi connectivity index (χ1v) is 7.81. The van der Waals surface area contributed by atoms with Gasteiger partial charge in [0.1, 0.15) is 0 Å². The molecule has 2 aromatic carbocycles. The maximum atomic E-state index is 12.4. The van der Waals surface area contributed by atoms with Crippen molar-refractivity contribution >= 4 is 22.7 Å². The predicted octanol–water partition coefficient (Wildman–Crippen LogP) is 1.42. The summed E-state index contributed by atoms with van der Waals surface area (Å²) in [6, 6.07) is 17.2. The first kappa shape index (κ1) is 16.9. The number of rotatable bonds is 4. The third-order valence-corrected chi connectivity index (χ3v) is 4.10. The highest BCUT2D eigenvalue weighted by molar-refractivity contribution is 5.98. The van der Waals surface area contributed by atoms with Gasteiger partial charge in [-0.05, 0) is 29.3 Å². The lowest BCUT2D eigenvalue weighted by molar-refractivity contribution is -0.133. The molecule has 0 aliphatic carbocycles. The number of likely N-dealkylation sites (N-methyl/N-ethyl adjacent to an activating group) is 1. The number of carbonyl (C=O) groups excluding carboxylic acids is 2. The van der Waals surface area contributed by atoms with Crippen LogP contribution in [0.4, 0.5) is 0 Å². The molecule has 25 heavy (non-hydrogen) atoms. The van der Waals surface area contributed by atoms with Gasteiger partial charge in [0.15, 0.2) is 12.2 Å². The van der Waals surface area contributed by atoms with Gasteiger partial charge < -0.3 is 15.5 Å². The van der Waals surface area contributed by atoms with Crippen LogP contribution in [0.25, 0.3) is 22.0 Å². The summed E-state index contributed by atoms with van der Waals surface area (Å²) < 4.78 is 1.24. The first-order valence-electron chi connectivity index (χ1n) is 7.81. The predicted molar refractivity (Wildman–Crippen MR) is 94.1 cm³/mol. The van der Waals surface area contributed by atoms with E-state index >= 15 is 0 Å². The number of hydrogen-bond donors (Lipinski definition) is 3. The van der Waals surface area contributed by atoms with Gasteiger partial charge >= 0.3 is 0 Å². The molecule has 3 N–H and O–H groups in total. The topological polar surface area (TPSA) is 91.6 Å². The van der Waals surface area contributed by atoms with E-state index in [-0.39, 0.29) is 0 Å². The van der Waals surface area contributed by atoms with E-state index in [1.54, 1.807) is 12.1 Å². The third-order valence-electron chi connectivity index (χ3n) is 4.10. The van der Waals surface area contributed by atoms with Gasteiger partial charge in [0.05, 0.1) is 5.52 Å². The van der Waals surface area contributed by atoms with Crippen molar-refractivity contribution in [1.82, 2.24) is 9.88 Å². The van der Waals surface area contributed by atoms with E-state index in [2.05, 4.69) is 5.32 Å². The Hall–Kier alpha value is -2.96. The van der Waals surface area contributed by atoms with Crippen LogP contribution in [0.1, 0.15) is 4.79 Å². The van der Waals surface area contributed by atoms with Crippen LogP contribution in [-0.2, 0) is 4.79 Å². The number of hydrogen-bond acceptors (Lipinski definition) is 4. The smallest absolute Gasteiger partial charge is 0.263 e. The zero-order valence-corrected chi connectivity index (χ0v) is 13.6. The molecular formula is C19H18N2O4. The first-order chi connectivity index (χ1) is 12.0. The second-order valence-corrected chi connectivity index (χ2v) is 5.67. The van der Waals surface area contributed by atoms with Gasteiger partial charge in [-0.15, -0.1) is 0 Å². The Kier molecular flexibility index (Phi) is 4.65.